The number of hydrogen-bond donors (Lipinski definition) is 2. The molecule has 6 rings (SSSR count). The van der Waals surface area contributed by atoms with Crippen molar-refractivity contribution in [2.24, 2.45) is 0 Å². The molecule has 0 saturated heterocycles. The summed E-state index contributed by atoms with van der Waals surface area (Å²) in [7, 11) is 0. The zero-order valence-electron chi connectivity index (χ0n) is 21.1. The Kier molecular flexibility index (Phi) is 6.38. The summed E-state index contributed by atoms with van der Waals surface area (Å²) in [5.74, 6) is -0.336. The maximum absolute atomic E-state index is 13.2. The first-order valence-electron chi connectivity index (χ1n) is 13.2. The first-order chi connectivity index (χ1) is 18.6. The van der Waals surface area contributed by atoms with Crippen LogP contribution in [0, 0.1) is 0 Å². The molecular weight excluding hydrogens is 474 g/mol. The number of nitrogens with zero attached hydrogens (tertiary/aromatic N) is 2. The third-order valence-corrected chi connectivity index (χ3v) is 7.58. The molecule has 0 aliphatic heterocycles. The molecule has 6 heteroatoms. The molecule has 4 aromatic carbocycles. The van der Waals surface area contributed by atoms with Gasteiger partial charge in [0, 0.05) is 23.7 Å². The summed E-state index contributed by atoms with van der Waals surface area (Å²) < 4.78 is 2.26. The van der Waals surface area contributed by atoms with Crippen LogP contribution in [0.2, 0.25) is 0 Å². The highest BCUT2D eigenvalue weighted by Gasteiger charge is 2.23. The van der Waals surface area contributed by atoms with Crippen LogP contribution in [0.1, 0.15) is 64.4 Å². The first-order valence-corrected chi connectivity index (χ1v) is 13.2. The largest absolute Gasteiger partial charge is 0.478 e. The number of rotatable bonds is 6. The lowest BCUT2D eigenvalue weighted by atomic mass is 9.94. The maximum Gasteiger partial charge on any atom is 0.335 e. The Hall–Kier alpha value is -4.45. The van der Waals surface area contributed by atoms with Gasteiger partial charge in [-0.05, 0) is 59.5 Å². The summed E-state index contributed by atoms with van der Waals surface area (Å²) >= 11 is 0. The average Bonchev–Trinajstić information content (AvgIpc) is 3.35. The number of carboxylic acid groups (broad SMARTS) is 1. The highest BCUT2D eigenvalue weighted by molar-refractivity contribution is 5.96. The maximum atomic E-state index is 13.2. The monoisotopic (exact) mass is 503 g/mol. The molecule has 0 spiro atoms. The van der Waals surface area contributed by atoms with E-state index in [9.17, 15) is 14.7 Å². The number of carbonyl (C=O) groups excluding carboxylic acids is 1. The number of aromatic nitrogens is 2. The van der Waals surface area contributed by atoms with Crippen LogP contribution in [0.25, 0.3) is 33.2 Å². The number of fused-ring (bicyclic) bond motifs is 2. The van der Waals surface area contributed by atoms with E-state index >= 15 is 0 Å². The molecule has 1 saturated carbocycles. The Balaban J connectivity index is 1.33. The minimum atomic E-state index is -0.967. The molecule has 1 aliphatic carbocycles. The van der Waals surface area contributed by atoms with E-state index in [2.05, 4.69) is 28.1 Å². The SMILES string of the molecule is O=C(O)c1ccc2c(c1)nc(-c1cccc(C(=O)NCc3cccc4ccccc34)c1)n2C1CCCCC1. The highest BCUT2D eigenvalue weighted by atomic mass is 16.4. The van der Waals surface area contributed by atoms with Crippen molar-refractivity contribution in [3.63, 3.8) is 0 Å². The van der Waals surface area contributed by atoms with Gasteiger partial charge in [0.05, 0.1) is 16.6 Å². The van der Waals surface area contributed by atoms with Crippen LogP contribution in [0.5, 0.6) is 0 Å². The minimum absolute atomic E-state index is 0.145. The van der Waals surface area contributed by atoms with Crippen molar-refractivity contribution in [1.82, 2.24) is 14.9 Å². The number of aromatic carboxylic acids is 1. The van der Waals surface area contributed by atoms with Gasteiger partial charge in [-0.2, -0.15) is 0 Å². The summed E-state index contributed by atoms with van der Waals surface area (Å²) in [4.78, 5) is 29.7. The third kappa shape index (κ3) is 4.54. The summed E-state index contributed by atoms with van der Waals surface area (Å²) in [5, 5.41) is 14.9. The molecule has 1 aromatic heterocycles. The van der Waals surface area contributed by atoms with Crippen LogP contribution in [-0.4, -0.2) is 26.5 Å². The third-order valence-electron chi connectivity index (χ3n) is 7.58. The van der Waals surface area contributed by atoms with Crippen LogP contribution >= 0.6 is 0 Å². The highest BCUT2D eigenvalue weighted by Crippen LogP contribution is 2.36. The van der Waals surface area contributed by atoms with E-state index in [0.717, 1.165) is 58.9 Å². The second-order valence-corrected chi connectivity index (χ2v) is 10.0. The Labute approximate surface area is 220 Å². The molecule has 0 radical (unpaired) electrons. The molecule has 2 N–H and O–H groups in total. The first kappa shape index (κ1) is 23.9. The quantitative estimate of drug-likeness (QED) is 0.262. The number of hydrogen-bond acceptors (Lipinski definition) is 3. The summed E-state index contributed by atoms with van der Waals surface area (Å²) in [6.45, 7) is 0.433. The number of imidazole rings is 1. The molecule has 190 valence electrons. The number of carboxylic acids is 1. The fourth-order valence-corrected chi connectivity index (χ4v) is 5.67. The standard InChI is InChI=1S/C32H29N3O3/c36-31(33-20-25-12-6-9-21-8-4-5-15-27(21)25)23-11-7-10-22(18-23)30-34-28-19-24(32(37)38)16-17-29(28)35(30)26-13-2-1-3-14-26/h4-12,15-19,26H,1-3,13-14,20H2,(H,33,36)(H,37,38). The molecule has 1 fully saturated rings. The molecule has 0 bridgehead atoms. The Morgan fingerprint density at radius 3 is 2.50 bits per heavy atom. The Morgan fingerprint density at radius 1 is 0.868 bits per heavy atom. The summed E-state index contributed by atoms with van der Waals surface area (Å²) in [5.41, 5.74) is 4.30. The van der Waals surface area contributed by atoms with Gasteiger partial charge in [-0.25, -0.2) is 9.78 Å². The Morgan fingerprint density at radius 2 is 1.66 bits per heavy atom. The van der Waals surface area contributed by atoms with Gasteiger partial charge in [0.1, 0.15) is 5.82 Å². The Bertz CT molecular complexity index is 1660. The number of benzene rings is 4. The fourth-order valence-electron chi connectivity index (χ4n) is 5.67. The van der Waals surface area contributed by atoms with Crippen LogP contribution in [0.3, 0.4) is 0 Å². The summed E-state index contributed by atoms with van der Waals surface area (Å²) in [6, 6.07) is 27.3. The second-order valence-electron chi connectivity index (χ2n) is 10.0. The van der Waals surface area contributed by atoms with Gasteiger partial charge in [-0.1, -0.05) is 73.9 Å². The molecule has 38 heavy (non-hydrogen) atoms. The van der Waals surface area contributed by atoms with Crippen LogP contribution in [0.15, 0.2) is 84.9 Å². The van der Waals surface area contributed by atoms with Crippen molar-refractivity contribution in [1.29, 1.82) is 0 Å². The van der Waals surface area contributed by atoms with Gasteiger partial charge >= 0.3 is 5.97 Å². The van der Waals surface area contributed by atoms with Crippen molar-refractivity contribution in [3.05, 3.63) is 102 Å². The predicted molar refractivity (Wildman–Crippen MR) is 149 cm³/mol. The lowest BCUT2D eigenvalue weighted by Crippen LogP contribution is -2.23. The normalized spacial score (nSPS) is 14.1. The fraction of sp³-hybridized carbons (Fsp3) is 0.219. The molecule has 5 aromatic rings. The molecule has 1 amide bonds. The predicted octanol–water partition coefficient (Wildman–Crippen LogP) is 6.99. The van der Waals surface area contributed by atoms with Crippen LogP contribution in [0.4, 0.5) is 0 Å². The van der Waals surface area contributed by atoms with E-state index < -0.39 is 5.97 Å². The number of carbonyl (C=O) groups is 2. The van der Waals surface area contributed by atoms with Crippen molar-refractivity contribution in [3.8, 4) is 11.4 Å². The van der Waals surface area contributed by atoms with E-state index in [0.29, 0.717) is 23.7 Å². The summed E-state index contributed by atoms with van der Waals surface area (Å²) in [6.07, 6.45) is 5.67. The van der Waals surface area contributed by atoms with E-state index in [4.69, 9.17) is 4.98 Å². The molecule has 0 atom stereocenters. The zero-order chi connectivity index (χ0) is 26.1. The van der Waals surface area contributed by atoms with Crippen LogP contribution < -0.4 is 5.32 Å². The van der Waals surface area contributed by atoms with E-state index in [1.165, 1.54) is 6.42 Å². The molecular formula is C32H29N3O3. The molecule has 6 nitrogen and oxygen atoms in total. The van der Waals surface area contributed by atoms with Gasteiger partial charge in [0.15, 0.2) is 0 Å². The zero-order valence-corrected chi connectivity index (χ0v) is 21.1. The van der Waals surface area contributed by atoms with Gasteiger partial charge in [-0.15, -0.1) is 0 Å². The smallest absolute Gasteiger partial charge is 0.335 e. The van der Waals surface area contributed by atoms with E-state index in [1.807, 2.05) is 54.6 Å². The minimum Gasteiger partial charge on any atom is -0.478 e. The van der Waals surface area contributed by atoms with Crippen LogP contribution in [-0.2, 0) is 6.54 Å². The van der Waals surface area contributed by atoms with E-state index in [1.54, 1.807) is 12.1 Å². The number of nitrogens with one attached hydrogen (secondary N) is 1. The van der Waals surface area contributed by atoms with Gasteiger partial charge in [0.25, 0.3) is 5.91 Å². The molecule has 1 heterocycles. The lowest BCUT2D eigenvalue weighted by molar-refractivity contribution is 0.0696. The lowest BCUT2D eigenvalue weighted by Gasteiger charge is -2.25. The van der Waals surface area contributed by atoms with Gasteiger partial charge < -0.3 is 15.0 Å². The van der Waals surface area contributed by atoms with Gasteiger partial charge in [-0.3, -0.25) is 4.79 Å². The van der Waals surface area contributed by atoms with Crippen molar-refractivity contribution in [2.75, 3.05) is 0 Å². The topological polar surface area (TPSA) is 84.2 Å². The molecule has 1 aliphatic rings. The van der Waals surface area contributed by atoms with Crippen molar-refractivity contribution >= 4 is 33.7 Å². The second kappa shape index (κ2) is 10.1. The average molecular weight is 504 g/mol. The van der Waals surface area contributed by atoms with E-state index in [-0.39, 0.29) is 11.5 Å². The molecule has 0 unspecified atom stereocenters. The van der Waals surface area contributed by atoms with Crippen molar-refractivity contribution < 1.29 is 14.7 Å². The van der Waals surface area contributed by atoms with Crippen molar-refractivity contribution in [2.45, 2.75) is 44.7 Å². The number of amides is 1. The van der Waals surface area contributed by atoms with Gasteiger partial charge in [0.2, 0.25) is 0 Å².